The van der Waals surface area contributed by atoms with Crippen molar-refractivity contribution >= 4 is 9.53 Å². The number of hydrogen-bond acceptors (Lipinski definition) is 3. The third-order valence-electron chi connectivity index (χ3n) is 3.48. The van der Waals surface area contributed by atoms with Crippen LogP contribution in [0.2, 0.25) is 0 Å². The predicted octanol–water partition coefficient (Wildman–Crippen LogP) is 3.87. The lowest BCUT2D eigenvalue weighted by atomic mass is 10.0. The summed E-state index contributed by atoms with van der Waals surface area (Å²) in [6.45, 7) is 2.02. The zero-order valence-electron chi connectivity index (χ0n) is 13.6. The minimum absolute atomic E-state index is 0.133. The van der Waals surface area contributed by atoms with Crippen molar-refractivity contribution in [2.75, 3.05) is 14.2 Å². The number of hydrogen-bond donors (Lipinski definition) is 0. The van der Waals surface area contributed by atoms with E-state index in [0.29, 0.717) is 6.42 Å². The lowest BCUT2D eigenvalue weighted by molar-refractivity contribution is 0.0892. The van der Waals surface area contributed by atoms with E-state index >= 15 is 0 Å². The molecule has 0 aromatic heterocycles. The molecule has 0 bridgehead atoms. The van der Waals surface area contributed by atoms with Gasteiger partial charge in [0.25, 0.3) is 0 Å². The maximum Gasteiger partial charge on any atom is 0.483 e. The minimum Gasteiger partial charge on any atom is -0.379 e. The van der Waals surface area contributed by atoms with Crippen molar-refractivity contribution in [3.8, 4) is 0 Å². The third-order valence-corrected chi connectivity index (χ3v) is 4.93. The molecule has 1 aromatic carbocycles. The highest BCUT2D eigenvalue weighted by atomic mass is 28.3. The summed E-state index contributed by atoms with van der Waals surface area (Å²) in [4.78, 5) is 0. The Labute approximate surface area is 133 Å². The SMILES string of the molecule is CO[SiH](OC)OC(C)CCCCCCc1cc(F)cc(F)c1. The Kier molecular flexibility index (Phi) is 9.46. The van der Waals surface area contributed by atoms with Crippen LogP contribution in [0.25, 0.3) is 0 Å². The van der Waals surface area contributed by atoms with Crippen molar-refractivity contribution in [1.29, 1.82) is 0 Å². The Morgan fingerprint density at radius 1 is 0.955 bits per heavy atom. The van der Waals surface area contributed by atoms with Crippen LogP contribution >= 0.6 is 0 Å². The lowest BCUT2D eigenvalue weighted by Crippen LogP contribution is -2.28. The van der Waals surface area contributed by atoms with Gasteiger partial charge in [-0.3, -0.25) is 0 Å². The number of halogens is 2. The Morgan fingerprint density at radius 3 is 2.14 bits per heavy atom. The zero-order chi connectivity index (χ0) is 16.4. The molecule has 0 aliphatic rings. The van der Waals surface area contributed by atoms with Crippen LogP contribution in [0, 0.1) is 11.6 Å². The summed E-state index contributed by atoms with van der Waals surface area (Å²) in [7, 11) is 1.26. The Balaban J connectivity index is 2.10. The number of rotatable bonds is 11. The van der Waals surface area contributed by atoms with Crippen LogP contribution in [0.5, 0.6) is 0 Å². The molecule has 0 amide bonds. The summed E-state index contributed by atoms with van der Waals surface area (Å²) < 4.78 is 42.0. The van der Waals surface area contributed by atoms with Crippen LogP contribution in [0.15, 0.2) is 18.2 Å². The molecule has 0 radical (unpaired) electrons. The average Bonchev–Trinajstić information content (AvgIpc) is 2.47. The van der Waals surface area contributed by atoms with E-state index in [2.05, 4.69) is 0 Å². The minimum atomic E-state index is -1.94. The van der Waals surface area contributed by atoms with Gasteiger partial charge in [-0.2, -0.15) is 0 Å². The van der Waals surface area contributed by atoms with Crippen LogP contribution in [0.3, 0.4) is 0 Å². The van der Waals surface area contributed by atoms with E-state index in [0.717, 1.165) is 43.7 Å². The molecule has 22 heavy (non-hydrogen) atoms. The van der Waals surface area contributed by atoms with Gasteiger partial charge in [0.1, 0.15) is 11.6 Å². The molecule has 0 heterocycles. The van der Waals surface area contributed by atoms with E-state index in [4.69, 9.17) is 13.3 Å². The predicted molar refractivity (Wildman–Crippen MR) is 84.9 cm³/mol. The van der Waals surface area contributed by atoms with Crippen molar-refractivity contribution in [1.82, 2.24) is 0 Å². The van der Waals surface area contributed by atoms with Gasteiger partial charge in [0.05, 0.1) is 0 Å². The van der Waals surface area contributed by atoms with Crippen molar-refractivity contribution in [2.45, 2.75) is 51.6 Å². The lowest BCUT2D eigenvalue weighted by Gasteiger charge is -2.17. The first-order valence-corrected chi connectivity index (χ1v) is 9.12. The highest BCUT2D eigenvalue weighted by molar-refractivity contribution is 6.36. The summed E-state index contributed by atoms with van der Waals surface area (Å²) in [5.74, 6) is -1.01. The molecule has 1 atom stereocenters. The maximum absolute atomic E-state index is 13.0. The molecule has 0 saturated heterocycles. The Hall–Kier alpha value is -0.823. The molecule has 1 aromatic rings. The first-order valence-electron chi connectivity index (χ1n) is 7.71. The summed E-state index contributed by atoms with van der Waals surface area (Å²) in [6, 6.07) is 3.71. The zero-order valence-corrected chi connectivity index (χ0v) is 14.8. The van der Waals surface area contributed by atoms with Crippen molar-refractivity contribution in [2.24, 2.45) is 0 Å². The van der Waals surface area contributed by atoms with Crippen molar-refractivity contribution in [3.63, 3.8) is 0 Å². The van der Waals surface area contributed by atoms with Gasteiger partial charge >= 0.3 is 9.53 Å². The average molecular weight is 332 g/mol. The number of benzene rings is 1. The monoisotopic (exact) mass is 332 g/mol. The van der Waals surface area contributed by atoms with Gasteiger partial charge in [0, 0.05) is 26.4 Å². The molecule has 0 aliphatic heterocycles. The molecule has 0 saturated carbocycles. The highest BCUT2D eigenvalue weighted by Crippen LogP contribution is 2.14. The standard InChI is InChI=1S/C16H26F2O3Si/c1-13(21-22(19-2)20-3)8-6-4-5-7-9-14-10-15(17)12-16(18)11-14/h10-13,22H,4-9H2,1-3H3. The third kappa shape index (κ3) is 7.98. The van der Waals surface area contributed by atoms with Gasteiger partial charge in [0.15, 0.2) is 0 Å². The molecule has 0 aliphatic carbocycles. The van der Waals surface area contributed by atoms with Crippen molar-refractivity contribution < 1.29 is 22.1 Å². The fourth-order valence-corrected chi connectivity index (χ4v) is 3.26. The van der Waals surface area contributed by atoms with E-state index < -0.39 is 21.2 Å². The van der Waals surface area contributed by atoms with Gasteiger partial charge in [-0.1, -0.05) is 19.3 Å². The quantitative estimate of drug-likeness (QED) is 0.455. The second-order valence-corrected chi connectivity index (χ2v) is 7.23. The second kappa shape index (κ2) is 10.8. The summed E-state index contributed by atoms with van der Waals surface area (Å²) >= 11 is 0. The van der Waals surface area contributed by atoms with E-state index in [9.17, 15) is 8.78 Å². The molecule has 6 heteroatoms. The molecular weight excluding hydrogens is 306 g/mol. The Bertz CT molecular complexity index is 408. The molecular formula is C16H26F2O3Si. The molecule has 0 fully saturated rings. The fraction of sp³-hybridized carbons (Fsp3) is 0.625. The maximum atomic E-state index is 13.0. The van der Waals surface area contributed by atoms with Crippen LogP contribution in [-0.4, -0.2) is 29.9 Å². The van der Waals surface area contributed by atoms with Gasteiger partial charge in [-0.05, 0) is 43.9 Å². The van der Waals surface area contributed by atoms with Gasteiger partial charge < -0.3 is 13.3 Å². The summed E-state index contributed by atoms with van der Waals surface area (Å²) in [6.07, 6.45) is 5.93. The van der Waals surface area contributed by atoms with E-state index in [-0.39, 0.29) is 6.10 Å². The fourth-order valence-electron chi connectivity index (χ4n) is 2.33. The second-order valence-electron chi connectivity index (χ2n) is 5.44. The smallest absolute Gasteiger partial charge is 0.379 e. The molecule has 1 rings (SSSR count). The Morgan fingerprint density at radius 2 is 1.55 bits per heavy atom. The van der Waals surface area contributed by atoms with Crippen LogP contribution in [0.1, 0.15) is 44.6 Å². The molecule has 0 spiro atoms. The summed E-state index contributed by atoms with van der Waals surface area (Å²) in [5, 5.41) is 0. The molecule has 3 nitrogen and oxygen atoms in total. The largest absolute Gasteiger partial charge is 0.483 e. The molecule has 126 valence electrons. The van der Waals surface area contributed by atoms with Crippen LogP contribution in [0.4, 0.5) is 8.78 Å². The van der Waals surface area contributed by atoms with Crippen molar-refractivity contribution in [3.05, 3.63) is 35.4 Å². The normalized spacial score (nSPS) is 12.8. The van der Waals surface area contributed by atoms with Crippen LogP contribution in [-0.2, 0) is 19.7 Å². The first-order chi connectivity index (χ1) is 10.5. The number of unbranched alkanes of at least 4 members (excludes halogenated alkanes) is 3. The van der Waals surface area contributed by atoms with Gasteiger partial charge in [0.2, 0.25) is 0 Å². The summed E-state index contributed by atoms with van der Waals surface area (Å²) in [5.41, 5.74) is 0.725. The first kappa shape index (κ1) is 19.2. The van der Waals surface area contributed by atoms with Gasteiger partial charge in [-0.25, -0.2) is 8.78 Å². The highest BCUT2D eigenvalue weighted by Gasteiger charge is 2.15. The van der Waals surface area contributed by atoms with E-state index in [1.807, 2.05) is 6.92 Å². The van der Waals surface area contributed by atoms with E-state index in [1.54, 1.807) is 14.2 Å². The number of aryl methyl sites for hydroxylation is 1. The van der Waals surface area contributed by atoms with Gasteiger partial charge in [-0.15, -0.1) is 0 Å². The molecule has 1 unspecified atom stereocenters. The van der Waals surface area contributed by atoms with E-state index in [1.165, 1.54) is 12.1 Å². The van der Waals surface area contributed by atoms with Crippen LogP contribution < -0.4 is 0 Å². The topological polar surface area (TPSA) is 27.7 Å². The molecule has 0 N–H and O–H groups in total.